The number of hydrogen-bond acceptors (Lipinski definition) is 3. The third kappa shape index (κ3) is 2.49. The topological polar surface area (TPSA) is 22.1 Å². The zero-order valence-corrected chi connectivity index (χ0v) is 12.8. The highest BCUT2D eigenvalue weighted by atomic mass is 79.9. The lowest BCUT2D eigenvalue weighted by Crippen LogP contribution is -1.89. The maximum Gasteiger partial charge on any atom is 0.137 e. The van der Waals surface area contributed by atoms with Crippen molar-refractivity contribution in [2.45, 2.75) is 13.8 Å². The van der Waals surface area contributed by atoms with Crippen LogP contribution in [0.15, 0.2) is 15.9 Å². The highest BCUT2D eigenvalue weighted by molar-refractivity contribution is 9.11. The van der Waals surface area contributed by atoms with Crippen molar-refractivity contribution in [3.8, 4) is 16.3 Å². The third-order valence-corrected chi connectivity index (χ3v) is 4.80. The summed E-state index contributed by atoms with van der Waals surface area (Å²) in [4.78, 5) is 4.51. The van der Waals surface area contributed by atoms with Gasteiger partial charge in [-0.2, -0.15) is 0 Å². The zero-order valence-electron chi connectivity index (χ0n) is 9.67. The van der Waals surface area contributed by atoms with Gasteiger partial charge >= 0.3 is 0 Å². The van der Waals surface area contributed by atoms with E-state index in [1.807, 2.05) is 26.0 Å². The first kappa shape index (κ1) is 12.9. The highest BCUT2D eigenvalue weighted by Crippen LogP contribution is 2.37. The largest absolute Gasteiger partial charge is 0.495 e. The van der Waals surface area contributed by atoms with Crippen LogP contribution < -0.4 is 4.74 Å². The van der Waals surface area contributed by atoms with Crippen LogP contribution in [0.3, 0.4) is 0 Å². The number of hydrogen-bond donors (Lipinski definition) is 0. The van der Waals surface area contributed by atoms with Gasteiger partial charge in [0, 0.05) is 5.56 Å². The van der Waals surface area contributed by atoms with E-state index in [1.165, 1.54) is 0 Å². The predicted octanol–water partition coefficient (Wildman–Crippen LogP) is 4.85. The Labute approximate surface area is 118 Å². The van der Waals surface area contributed by atoms with Gasteiger partial charge in [0.15, 0.2) is 0 Å². The summed E-state index contributed by atoms with van der Waals surface area (Å²) >= 11 is 11.2. The molecule has 0 aliphatic rings. The number of aromatic nitrogens is 1. The van der Waals surface area contributed by atoms with Crippen molar-refractivity contribution >= 4 is 38.9 Å². The summed E-state index contributed by atoms with van der Waals surface area (Å²) in [5.41, 5.74) is 3.15. The van der Waals surface area contributed by atoms with Gasteiger partial charge in [0.1, 0.15) is 10.8 Å². The number of halogens is 2. The van der Waals surface area contributed by atoms with Gasteiger partial charge in [0.2, 0.25) is 0 Å². The van der Waals surface area contributed by atoms with Crippen molar-refractivity contribution < 1.29 is 4.74 Å². The molecule has 0 aliphatic heterocycles. The second-order valence-electron chi connectivity index (χ2n) is 3.68. The molecule has 0 aliphatic carbocycles. The molecule has 2 aromatic rings. The fourth-order valence-electron chi connectivity index (χ4n) is 1.53. The molecule has 5 heteroatoms. The number of benzene rings is 1. The van der Waals surface area contributed by atoms with Gasteiger partial charge in [-0.15, -0.1) is 11.3 Å². The Bertz CT molecular complexity index is 548. The third-order valence-electron chi connectivity index (χ3n) is 2.47. The van der Waals surface area contributed by atoms with E-state index in [0.29, 0.717) is 10.8 Å². The van der Waals surface area contributed by atoms with Gasteiger partial charge in [0.05, 0.1) is 21.6 Å². The summed E-state index contributed by atoms with van der Waals surface area (Å²) in [6, 6.07) is 3.84. The quantitative estimate of drug-likeness (QED) is 0.784. The van der Waals surface area contributed by atoms with Crippen LogP contribution >= 0.6 is 38.9 Å². The predicted molar refractivity (Wildman–Crippen MR) is 76.3 cm³/mol. The van der Waals surface area contributed by atoms with E-state index in [4.69, 9.17) is 16.3 Å². The minimum Gasteiger partial charge on any atom is -0.495 e. The van der Waals surface area contributed by atoms with Crippen molar-refractivity contribution in [3.05, 3.63) is 32.2 Å². The Morgan fingerprint density at radius 3 is 2.59 bits per heavy atom. The van der Waals surface area contributed by atoms with E-state index >= 15 is 0 Å². The smallest absolute Gasteiger partial charge is 0.137 e. The second kappa shape index (κ2) is 4.96. The van der Waals surface area contributed by atoms with Crippen LogP contribution in [-0.4, -0.2) is 12.1 Å². The molecule has 0 unspecified atom stereocenters. The first-order valence-corrected chi connectivity index (χ1v) is 6.99. The Morgan fingerprint density at radius 2 is 2.06 bits per heavy atom. The molecule has 90 valence electrons. The molecule has 0 fully saturated rings. The Balaban J connectivity index is 2.56. The van der Waals surface area contributed by atoms with Crippen LogP contribution in [0.25, 0.3) is 10.6 Å². The minimum atomic E-state index is 0.608. The van der Waals surface area contributed by atoms with Crippen molar-refractivity contribution in [2.75, 3.05) is 7.11 Å². The molecule has 0 spiro atoms. The van der Waals surface area contributed by atoms with Crippen molar-refractivity contribution in [1.82, 2.24) is 4.98 Å². The number of rotatable bonds is 2. The van der Waals surface area contributed by atoms with Gasteiger partial charge in [-0.1, -0.05) is 11.6 Å². The minimum absolute atomic E-state index is 0.608. The summed E-state index contributed by atoms with van der Waals surface area (Å²) in [5.74, 6) is 0.695. The van der Waals surface area contributed by atoms with Crippen LogP contribution in [0.2, 0.25) is 5.02 Å². The lowest BCUT2D eigenvalue weighted by atomic mass is 10.1. The molecule has 0 amide bonds. The maximum absolute atomic E-state index is 6.14. The average Bonchev–Trinajstić information content (AvgIpc) is 2.61. The molecule has 1 aromatic heterocycles. The Hall–Kier alpha value is -0.580. The first-order chi connectivity index (χ1) is 8.02. The highest BCUT2D eigenvalue weighted by Gasteiger charge is 2.12. The summed E-state index contributed by atoms with van der Waals surface area (Å²) in [6.07, 6.45) is 0. The van der Waals surface area contributed by atoms with Crippen LogP contribution in [0.4, 0.5) is 0 Å². The van der Waals surface area contributed by atoms with E-state index in [2.05, 4.69) is 20.9 Å². The first-order valence-electron chi connectivity index (χ1n) is 5.00. The molecule has 1 heterocycles. The molecule has 0 N–H and O–H groups in total. The van der Waals surface area contributed by atoms with Gasteiger partial charge in [-0.3, -0.25) is 0 Å². The summed E-state index contributed by atoms with van der Waals surface area (Å²) in [5, 5.41) is 1.58. The molecule has 0 atom stereocenters. The monoisotopic (exact) mass is 331 g/mol. The lowest BCUT2D eigenvalue weighted by Gasteiger charge is -2.08. The SMILES string of the molecule is COc1cc(C)c(-c2nc(C)c(Br)s2)cc1Cl. The average molecular weight is 333 g/mol. The molecule has 0 saturated carbocycles. The van der Waals surface area contributed by atoms with E-state index in [0.717, 1.165) is 25.6 Å². The normalized spacial score (nSPS) is 10.6. The van der Waals surface area contributed by atoms with E-state index in [1.54, 1.807) is 18.4 Å². The molecule has 1 aromatic carbocycles. The molecular weight excluding hydrogens is 322 g/mol. The van der Waals surface area contributed by atoms with Crippen molar-refractivity contribution in [3.63, 3.8) is 0 Å². The number of methoxy groups -OCH3 is 1. The molecule has 2 nitrogen and oxygen atoms in total. The van der Waals surface area contributed by atoms with Crippen molar-refractivity contribution in [1.29, 1.82) is 0 Å². The molecule has 0 bridgehead atoms. The van der Waals surface area contributed by atoms with Crippen LogP contribution in [-0.2, 0) is 0 Å². The van der Waals surface area contributed by atoms with Crippen LogP contribution in [0.1, 0.15) is 11.3 Å². The molecular formula is C12H11BrClNOS. The number of thiazole rings is 1. The number of nitrogens with zero attached hydrogens (tertiary/aromatic N) is 1. The maximum atomic E-state index is 6.14. The summed E-state index contributed by atoms with van der Waals surface area (Å²) in [6.45, 7) is 4.00. The van der Waals surface area contributed by atoms with Crippen molar-refractivity contribution in [2.24, 2.45) is 0 Å². The lowest BCUT2D eigenvalue weighted by molar-refractivity contribution is 0.415. The van der Waals surface area contributed by atoms with E-state index < -0.39 is 0 Å². The summed E-state index contributed by atoms with van der Waals surface area (Å²) in [7, 11) is 1.62. The number of ether oxygens (including phenoxy) is 1. The molecule has 17 heavy (non-hydrogen) atoms. The standard InChI is InChI=1S/C12H11BrClNOS/c1-6-4-10(16-3)9(14)5-8(6)12-15-7(2)11(13)17-12/h4-5H,1-3H3. The molecule has 2 rings (SSSR count). The zero-order chi connectivity index (χ0) is 12.6. The molecule has 0 saturated heterocycles. The van der Waals surface area contributed by atoms with Crippen LogP contribution in [0, 0.1) is 13.8 Å². The van der Waals surface area contributed by atoms with Gasteiger partial charge in [0.25, 0.3) is 0 Å². The molecule has 0 radical (unpaired) electrons. The fourth-order valence-corrected chi connectivity index (χ4v) is 3.20. The van der Waals surface area contributed by atoms with Gasteiger partial charge < -0.3 is 4.74 Å². The number of aryl methyl sites for hydroxylation is 2. The Kier molecular flexibility index (Phi) is 3.76. The fraction of sp³-hybridized carbons (Fsp3) is 0.250. The van der Waals surface area contributed by atoms with E-state index in [9.17, 15) is 0 Å². The van der Waals surface area contributed by atoms with E-state index in [-0.39, 0.29) is 0 Å². The van der Waals surface area contributed by atoms with Crippen LogP contribution in [0.5, 0.6) is 5.75 Å². The summed E-state index contributed by atoms with van der Waals surface area (Å²) < 4.78 is 6.24. The Morgan fingerprint density at radius 1 is 1.35 bits per heavy atom. The van der Waals surface area contributed by atoms with Gasteiger partial charge in [-0.05, 0) is 47.5 Å². The van der Waals surface area contributed by atoms with Gasteiger partial charge in [-0.25, -0.2) is 4.98 Å². The second-order valence-corrected chi connectivity index (χ2v) is 6.40.